The molecule has 0 aromatic heterocycles. The lowest BCUT2D eigenvalue weighted by Gasteiger charge is -2.22. The van der Waals surface area contributed by atoms with Gasteiger partial charge in [0.2, 0.25) is 0 Å². The minimum Gasteiger partial charge on any atom is -0.497 e. The van der Waals surface area contributed by atoms with Crippen LogP contribution in [0.3, 0.4) is 0 Å². The van der Waals surface area contributed by atoms with Crippen molar-refractivity contribution in [2.24, 2.45) is 0 Å². The molecular formula is C17H19BrFNO. The number of ether oxygens (including phenoxy) is 1. The molecular weight excluding hydrogens is 333 g/mol. The van der Waals surface area contributed by atoms with Gasteiger partial charge in [-0.2, -0.15) is 0 Å². The highest BCUT2D eigenvalue weighted by Crippen LogP contribution is 2.32. The summed E-state index contributed by atoms with van der Waals surface area (Å²) in [7, 11) is 1.63. The molecule has 2 aromatic carbocycles. The molecule has 0 bridgehead atoms. The summed E-state index contributed by atoms with van der Waals surface area (Å²) in [5.74, 6) is 0.545. The Kier molecular flexibility index (Phi) is 5.76. The van der Waals surface area contributed by atoms with Crippen LogP contribution in [0.15, 0.2) is 46.9 Å². The molecule has 0 aliphatic carbocycles. The van der Waals surface area contributed by atoms with E-state index in [1.54, 1.807) is 13.2 Å². The summed E-state index contributed by atoms with van der Waals surface area (Å²) in [6.07, 6.45) is 0.979. The van der Waals surface area contributed by atoms with Gasteiger partial charge in [0.05, 0.1) is 13.2 Å². The first kappa shape index (κ1) is 16.0. The molecule has 0 saturated heterocycles. The fourth-order valence-corrected chi connectivity index (χ4v) is 2.85. The van der Waals surface area contributed by atoms with Crippen LogP contribution in [-0.4, -0.2) is 13.7 Å². The summed E-state index contributed by atoms with van der Waals surface area (Å²) in [5, 5.41) is 3.41. The summed E-state index contributed by atoms with van der Waals surface area (Å²) in [6, 6.07) is 12.6. The maximum Gasteiger partial charge on any atom is 0.129 e. The standard InChI is InChI=1S/C17H19BrFNO/c1-3-10-20-17(12-6-4-7-13(11-12)21-2)16-14(18)8-5-9-15(16)19/h4-9,11,17,20H,3,10H2,1-2H3. The van der Waals surface area contributed by atoms with Gasteiger partial charge in [0.25, 0.3) is 0 Å². The Bertz CT molecular complexity index is 583. The van der Waals surface area contributed by atoms with E-state index in [1.165, 1.54) is 6.07 Å². The van der Waals surface area contributed by atoms with Gasteiger partial charge in [0.1, 0.15) is 11.6 Å². The van der Waals surface area contributed by atoms with Crippen molar-refractivity contribution in [1.29, 1.82) is 0 Å². The van der Waals surface area contributed by atoms with E-state index in [0.29, 0.717) is 5.56 Å². The molecule has 0 saturated carbocycles. The van der Waals surface area contributed by atoms with Crippen LogP contribution >= 0.6 is 15.9 Å². The third-order valence-electron chi connectivity index (χ3n) is 3.31. The Hall–Kier alpha value is -1.39. The third-order valence-corrected chi connectivity index (χ3v) is 4.01. The van der Waals surface area contributed by atoms with Crippen molar-refractivity contribution in [3.05, 3.63) is 63.9 Å². The summed E-state index contributed by atoms with van der Waals surface area (Å²) < 4.78 is 20.3. The number of hydrogen-bond acceptors (Lipinski definition) is 2. The van der Waals surface area contributed by atoms with Crippen LogP contribution in [0.4, 0.5) is 4.39 Å². The molecule has 1 atom stereocenters. The van der Waals surface area contributed by atoms with E-state index >= 15 is 0 Å². The maximum absolute atomic E-state index is 14.3. The third kappa shape index (κ3) is 3.83. The Morgan fingerprint density at radius 1 is 1.24 bits per heavy atom. The summed E-state index contributed by atoms with van der Waals surface area (Å²) >= 11 is 3.46. The van der Waals surface area contributed by atoms with Gasteiger partial charge >= 0.3 is 0 Å². The topological polar surface area (TPSA) is 21.3 Å². The number of benzene rings is 2. The quantitative estimate of drug-likeness (QED) is 0.815. The second-order valence-corrected chi connectivity index (χ2v) is 5.65. The van der Waals surface area contributed by atoms with Gasteiger partial charge in [-0.15, -0.1) is 0 Å². The van der Waals surface area contributed by atoms with Crippen LogP contribution < -0.4 is 10.1 Å². The monoisotopic (exact) mass is 351 g/mol. The van der Waals surface area contributed by atoms with E-state index in [0.717, 1.165) is 28.8 Å². The second kappa shape index (κ2) is 7.57. The fraction of sp³-hybridized carbons (Fsp3) is 0.294. The Morgan fingerprint density at radius 2 is 2.00 bits per heavy atom. The molecule has 4 heteroatoms. The van der Waals surface area contributed by atoms with Crippen LogP contribution in [0.1, 0.15) is 30.5 Å². The molecule has 21 heavy (non-hydrogen) atoms. The van der Waals surface area contributed by atoms with E-state index in [-0.39, 0.29) is 11.9 Å². The van der Waals surface area contributed by atoms with Crippen molar-refractivity contribution in [3.8, 4) is 5.75 Å². The minimum atomic E-state index is -0.221. The van der Waals surface area contributed by atoms with E-state index in [1.807, 2.05) is 30.3 Å². The zero-order valence-electron chi connectivity index (χ0n) is 12.2. The van der Waals surface area contributed by atoms with Gasteiger partial charge in [-0.25, -0.2) is 4.39 Å². The highest BCUT2D eigenvalue weighted by Gasteiger charge is 2.20. The fourth-order valence-electron chi connectivity index (χ4n) is 2.28. The lowest BCUT2D eigenvalue weighted by molar-refractivity contribution is 0.413. The smallest absolute Gasteiger partial charge is 0.129 e. The van der Waals surface area contributed by atoms with Gasteiger partial charge in [-0.3, -0.25) is 0 Å². The molecule has 1 N–H and O–H groups in total. The van der Waals surface area contributed by atoms with E-state index in [9.17, 15) is 4.39 Å². The molecule has 0 fully saturated rings. The zero-order chi connectivity index (χ0) is 15.2. The highest BCUT2D eigenvalue weighted by molar-refractivity contribution is 9.10. The molecule has 0 aliphatic heterocycles. The second-order valence-electron chi connectivity index (χ2n) is 4.80. The molecule has 0 spiro atoms. The largest absolute Gasteiger partial charge is 0.497 e. The van der Waals surface area contributed by atoms with Crippen LogP contribution in [-0.2, 0) is 0 Å². The van der Waals surface area contributed by atoms with Crippen LogP contribution in [0.25, 0.3) is 0 Å². The minimum absolute atomic E-state index is 0.212. The molecule has 112 valence electrons. The average molecular weight is 352 g/mol. The molecule has 2 rings (SSSR count). The SMILES string of the molecule is CCCNC(c1cccc(OC)c1)c1c(F)cccc1Br. The van der Waals surface area contributed by atoms with Crippen LogP contribution in [0.2, 0.25) is 0 Å². The normalized spacial score (nSPS) is 12.2. The first-order valence-electron chi connectivity index (χ1n) is 6.98. The van der Waals surface area contributed by atoms with Gasteiger partial charge in [-0.1, -0.05) is 41.1 Å². The molecule has 2 aromatic rings. The molecule has 1 unspecified atom stereocenters. The highest BCUT2D eigenvalue weighted by atomic mass is 79.9. The summed E-state index contributed by atoms with van der Waals surface area (Å²) in [5.41, 5.74) is 1.60. The zero-order valence-corrected chi connectivity index (χ0v) is 13.8. The van der Waals surface area contributed by atoms with E-state index in [4.69, 9.17) is 4.74 Å². The first-order valence-corrected chi connectivity index (χ1v) is 7.78. The summed E-state index contributed by atoms with van der Waals surface area (Å²) in [6.45, 7) is 2.90. The Balaban J connectivity index is 2.47. The number of halogens is 2. The lowest BCUT2D eigenvalue weighted by Crippen LogP contribution is -2.24. The van der Waals surface area contributed by atoms with Crippen LogP contribution in [0.5, 0.6) is 5.75 Å². The predicted octanol–water partition coefficient (Wildman–Crippen LogP) is 4.69. The molecule has 0 amide bonds. The molecule has 0 heterocycles. The molecule has 2 nitrogen and oxygen atoms in total. The van der Waals surface area contributed by atoms with Crippen molar-refractivity contribution in [3.63, 3.8) is 0 Å². The predicted molar refractivity (Wildman–Crippen MR) is 87.2 cm³/mol. The number of rotatable bonds is 6. The number of methoxy groups -OCH3 is 1. The van der Waals surface area contributed by atoms with Crippen molar-refractivity contribution in [1.82, 2.24) is 5.32 Å². The van der Waals surface area contributed by atoms with Crippen molar-refractivity contribution in [2.45, 2.75) is 19.4 Å². The molecule has 0 aliphatic rings. The lowest BCUT2D eigenvalue weighted by atomic mass is 9.97. The number of hydrogen-bond donors (Lipinski definition) is 1. The van der Waals surface area contributed by atoms with Gasteiger partial charge in [-0.05, 0) is 42.8 Å². The first-order chi connectivity index (χ1) is 10.2. The van der Waals surface area contributed by atoms with E-state index < -0.39 is 0 Å². The van der Waals surface area contributed by atoms with Crippen LogP contribution in [0, 0.1) is 5.82 Å². The molecule has 0 radical (unpaired) electrons. The van der Waals surface area contributed by atoms with Gasteiger partial charge in [0, 0.05) is 10.0 Å². The van der Waals surface area contributed by atoms with Gasteiger partial charge in [0.15, 0.2) is 0 Å². The van der Waals surface area contributed by atoms with E-state index in [2.05, 4.69) is 28.2 Å². The van der Waals surface area contributed by atoms with Crippen molar-refractivity contribution < 1.29 is 9.13 Å². The van der Waals surface area contributed by atoms with Crippen molar-refractivity contribution in [2.75, 3.05) is 13.7 Å². The van der Waals surface area contributed by atoms with Gasteiger partial charge < -0.3 is 10.1 Å². The van der Waals surface area contributed by atoms with Crippen molar-refractivity contribution >= 4 is 15.9 Å². The average Bonchev–Trinajstić information content (AvgIpc) is 2.50. The Labute approximate surface area is 133 Å². The summed E-state index contributed by atoms with van der Waals surface area (Å²) in [4.78, 5) is 0. The Morgan fingerprint density at radius 3 is 2.67 bits per heavy atom. The maximum atomic E-state index is 14.3. The number of nitrogens with one attached hydrogen (secondary N) is 1.